The molecule has 7 nitrogen and oxygen atoms in total. The maximum absolute atomic E-state index is 11.8. The lowest BCUT2D eigenvalue weighted by Crippen LogP contribution is -2.43. The van der Waals surface area contributed by atoms with E-state index >= 15 is 0 Å². The Morgan fingerprint density at radius 1 is 1.03 bits per heavy atom. The molecule has 0 unspecified atom stereocenters. The highest BCUT2D eigenvalue weighted by atomic mass is 35.5. The van der Waals surface area contributed by atoms with Gasteiger partial charge in [-0.25, -0.2) is 13.4 Å². The minimum absolute atomic E-state index is 0.497. The number of fused-ring (bicyclic) bond motifs is 1. The van der Waals surface area contributed by atoms with Gasteiger partial charge < -0.3 is 14.8 Å². The Labute approximate surface area is 204 Å². The lowest BCUT2D eigenvalue weighted by Gasteiger charge is -2.29. The summed E-state index contributed by atoms with van der Waals surface area (Å²) in [6, 6.07) is 17.7. The van der Waals surface area contributed by atoms with Crippen molar-refractivity contribution in [1.29, 1.82) is 0 Å². The number of nitrogens with one attached hydrogen (secondary N) is 2. The van der Waals surface area contributed by atoms with E-state index in [2.05, 4.69) is 44.2 Å². The SMILES string of the molecule is Cn1c(-c2ccc(N3CCNCC3)cc2)c(-c2cccc(NS(C)(=O)=O)c2)c2c(Cl)ccnc21. The van der Waals surface area contributed by atoms with E-state index in [9.17, 15) is 8.42 Å². The molecule has 0 bridgehead atoms. The van der Waals surface area contributed by atoms with Gasteiger partial charge in [0.05, 0.1) is 17.0 Å². The summed E-state index contributed by atoms with van der Waals surface area (Å²) in [6.45, 7) is 3.94. The first-order chi connectivity index (χ1) is 16.3. The fourth-order valence-electron chi connectivity index (χ4n) is 4.63. The Balaban J connectivity index is 1.68. The van der Waals surface area contributed by atoms with Gasteiger partial charge in [-0.15, -0.1) is 0 Å². The van der Waals surface area contributed by atoms with E-state index in [1.54, 1.807) is 18.3 Å². The van der Waals surface area contributed by atoms with E-state index < -0.39 is 10.0 Å². The van der Waals surface area contributed by atoms with Crippen LogP contribution in [0.2, 0.25) is 5.02 Å². The van der Waals surface area contributed by atoms with Gasteiger partial charge in [-0.2, -0.15) is 0 Å². The molecule has 3 heterocycles. The van der Waals surface area contributed by atoms with Crippen LogP contribution in [0.3, 0.4) is 0 Å². The third-order valence-electron chi connectivity index (χ3n) is 6.10. The monoisotopic (exact) mass is 495 g/mol. The molecule has 1 saturated heterocycles. The van der Waals surface area contributed by atoms with E-state index in [1.807, 2.05) is 29.8 Å². The highest BCUT2D eigenvalue weighted by Crippen LogP contribution is 2.43. The molecule has 2 aromatic heterocycles. The van der Waals surface area contributed by atoms with Gasteiger partial charge in [0.1, 0.15) is 5.65 Å². The number of piperazine rings is 1. The molecular formula is C25H26ClN5O2S. The van der Waals surface area contributed by atoms with E-state index in [1.165, 1.54) is 5.69 Å². The molecular weight excluding hydrogens is 470 g/mol. The van der Waals surface area contributed by atoms with Crippen LogP contribution >= 0.6 is 11.6 Å². The van der Waals surface area contributed by atoms with Crippen LogP contribution in [0.15, 0.2) is 60.8 Å². The van der Waals surface area contributed by atoms with Crippen molar-refractivity contribution in [1.82, 2.24) is 14.9 Å². The van der Waals surface area contributed by atoms with Crippen LogP contribution in [0, 0.1) is 0 Å². The van der Waals surface area contributed by atoms with Gasteiger partial charge in [0.25, 0.3) is 0 Å². The topological polar surface area (TPSA) is 79.3 Å². The zero-order valence-corrected chi connectivity index (χ0v) is 20.6. The molecule has 0 spiro atoms. The summed E-state index contributed by atoms with van der Waals surface area (Å²) in [5.74, 6) is 0. The zero-order chi connectivity index (χ0) is 23.9. The molecule has 1 fully saturated rings. The number of benzene rings is 2. The molecule has 5 rings (SSSR count). The molecule has 2 N–H and O–H groups in total. The van der Waals surface area contributed by atoms with Gasteiger partial charge in [-0.3, -0.25) is 4.72 Å². The standard InChI is InChI=1S/C25H26ClN5O2S/c1-30-24(17-6-8-20(9-7-17)31-14-12-27-13-15-31)22(23-21(26)10-11-28-25(23)30)18-4-3-5-19(16-18)29-34(2,32)33/h3-11,16,27,29H,12-15H2,1-2H3. The van der Waals surface area contributed by atoms with Crippen molar-refractivity contribution >= 4 is 44.0 Å². The normalized spacial score (nSPS) is 14.5. The van der Waals surface area contributed by atoms with E-state index in [-0.39, 0.29) is 0 Å². The molecule has 176 valence electrons. The number of sulfonamides is 1. The van der Waals surface area contributed by atoms with Gasteiger partial charge in [0, 0.05) is 61.7 Å². The smallest absolute Gasteiger partial charge is 0.229 e. The maximum Gasteiger partial charge on any atom is 0.229 e. The van der Waals surface area contributed by atoms with Crippen molar-refractivity contribution in [2.75, 3.05) is 42.1 Å². The first-order valence-electron chi connectivity index (χ1n) is 11.1. The maximum atomic E-state index is 11.8. The fraction of sp³-hybridized carbons (Fsp3) is 0.240. The Hall–Kier alpha value is -3.07. The van der Waals surface area contributed by atoms with Gasteiger partial charge in [-0.05, 0) is 41.5 Å². The molecule has 9 heteroatoms. The second kappa shape index (κ2) is 8.94. The van der Waals surface area contributed by atoms with Crippen LogP contribution in [0.1, 0.15) is 0 Å². The first kappa shape index (κ1) is 22.7. The van der Waals surface area contributed by atoms with Crippen LogP contribution < -0.4 is 14.9 Å². The summed E-state index contributed by atoms with van der Waals surface area (Å²) >= 11 is 6.68. The molecule has 34 heavy (non-hydrogen) atoms. The average Bonchev–Trinajstić information content (AvgIpc) is 3.12. The third-order valence-corrected chi connectivity index (χ3v) is 7.02. The van der Waals surface area contributed by atoms with Crippen LogP contribution in [0.5, 0.6) is 0 Å². The van der Waals surface area contributed by atoms with Crippen molar-refractivity contribution in [3.8, 4) is 22.4 Å². The highest BCUT2D eigenvalue weighted by Gasteiger charge is 2.22. The number of halogens is 1. The summed E-state index contributed by atoms with van der Waals surface area (Å²) in [6.07, 6.45) is 2.84. The number of hydrogen-bond acceptors (Lipinski definition) is 5. The molecule has 0 amide bonds. The molecule has 1 aliphatic rings. The second-order valence-electron chi connectivity index (χ2n) is 8.51. The number of anilines is 2. The van der Waals surface area contributed by atoms with Crippen molar-refractivity contribution < 1.29 is 8.42 Å². The lowest BCUT2D eigenvalue weighted by molar-refractivity contribution is 0.589. The zero-order valence-electron chi connectivity index (χ0n) is 19.0. The molecule has 0 aliphatic carbocycles. The Kier molecular flexibility index (Phi) is 5.97. The number of pyridine rings is 1. The molecule has 4 aromatic rings. The number of nitrogens with zero attached hydrogens (tertiary/aromatic N) is 3. The summed E-state index contributed by atoms with van der Waals surface area (Å²) in [5.41, 5.74) is 6.24. The van der Waals surface area contributed by atoms with Crippen LogP contribution in [-0.4, -0.2) is 50.4 Å². The predicted molar refractivity (Wildman–Crippen MR) is 140 cm³/mol. The number of aromatic nitrogens is 2. The summed E-state index contributed by atoms with van der Waals surface area (Å²) in [4.78, 5) is 6.98. The molecule has 0 radical (unpaired) electrons. The molecule has 1 aliphatic heterocycles. The van der Waals surface area contributed by atoms with Crippen molar-refractivity contribution in [3.63, 3.8) is 0 Å². The average molecular weight is 496 g/mol. The fourth-order valence-corrected chi connectivity index (χ4v) is 5.42. The summed E-state index contributed by atoms with van der Waals surface area (Å²) < 4.78 is 28.2. The minimum atomic E-state index is -3.40. The van der Waals surface area contributed by atoms with E-state index in [0.29, 0.717) is 10.7 Å². The van der Waals surface area contributed by atoms with Crippen molar-refractivity contribution in [3.05, 3.63) is 65.8 Å². The van der Waals surface area contributed by atoms with Gasteiger partial charge in [-0.1, -0.05) is 35.9 Å². The van der Waals surface area contributed by atoms with E-state index in [0.717, 1.165) is 65.9 Å². The van der Waals surface area contributed by atoms with Gasteiger partial charge in [0.15, 0.2) is 0 Å². The molecule has 2 aromatic carbocycles. The Bertz CT molecular complexity index is 1460. The van der Waals surface area contributed by atoms with E-state index in [4.69, 9.17) is 11.6 Å². The Morgan fingerprint density at radius 2 is 1.76 bits per heavy atom. The van der Waals surface area contributed by atoms with Crippen molar-refractivity contribution in [2.24, 2.45) is 7.05 Å². The molecule has 0 atom stereocenters. The predicted octanol–water partition coefficient (Wildman–Crippen LogP) is 4.34. The summed E-state index contributed by atoms with van der Waals surface area (Å²) in [7, 11) is -1.42. The number of rotatable bonds is 5. The highest BCUT2D eigenvalue weighted by molar-refractivity contribution is 7.92. The minimum Gasteiger partial charge on any atom is -0.369 e. The number of hydrogen-bond donors (Lipinski definition) is 2. The molecule has 0 saturated carbocycles. The van der Waals surface area contributed by atoms with Gasteiger partial charge in [0.2, 0.25) is 10.0 Å². The van der Waals surface area contributed by atoms with Crippen LogP contribution in [-0.2, 0) is 17.1 Å². The Morgan fingerprint density at radius 3 is 2.47 bits per heavy atom. The van der Waals surface area contributed by atoms with Crippen molar-refractivity contribution in [2.45, 2.75) is 0 Å². The van der Waals surface area contributed by atoms with Crippen LogP contribution in [0.4, 0.5) is 11.4 Å². The second-order valence-corrected chi connectivity index (χ2v) is 10.7. The summed E-state index contributed by atoms with van der Waals surface area (Å²) in [5, 5.41) is 4.82. The largest absolute Gasteiger partial charge is 0.369 e. The quantitative estimate of drug-likeness (QED) is 0.430. The third kappa shape index (κ3) is 4.36. The lowest BCUT2D eigenvalue weighted by atomic mass is 9.98. The first-order valence-corrected chi connectivity index (χ1v) is 13.4. The van der Waals surface area contributed by atoms with Gasteiger partial charge >= 0.3 is 0 Å². The number of aryl methyl sites for hydroxylation is 1. The van der Waals surface area contributed by atoms with Crippen LogP contribution in [0.25, 0.3) is 33.4 Å².